The Kier molecular flexibility index (Phi) is 7.19. The van der Waals surface area contributed by atoms with Crippen molar-refractivity contribution in [1.29, 1.82) is 0 Å². The zero-order valence-electron chi connectivity index (χ0n) is 19.1. The van der Waals surface area contributed by atoms with Crippen LogP contribution in [0.25, 0.3) is 0 Å². The number of benzene rings is 1. The van der Waals surface area contributed by atoms with Gasteiger partial charge in [0.05, 0.1) is 0 Å². The molecule has 0 saturated carbocycles. The second-order valence-corrected chi connectivity index (χ2v) is 10.7. The number of nitrogens with zero attached hydrogens (tertiary/aromatic N) is 4. The van der Waals surface area contributed by atoms with E-state index in [4.69, 9.17) is 0 Å². The molecule has 3 heterocycles. The number of hydrogen-bond acceptors (Lipinski definition) is 4. The second kappa shape index (κ2) is 10.1. The fraction of sp³-hybridized carbons (Fsp3) is 0.500. The van der Waals surface area contributed by atoms with Crippen LogP contribution in [-0.2, 0) is 28.3 Å². The van der Waals surface area contributed by atoms with E-state index < -0.39 is 10.0 Å². The highest BCUT2D eigenvalue weighted by atomic mass is 32.2. The third-order valence-corrected chi connectivity index (χ3v) is 8.38. The molecule has 2 aliphatic heterocycles. The number of aromatic nitrogens is 1. The van der Waals surface area contributed by atoms with Crippen LogP contribution in [0.15, 0.2) is 47.5 Å². The molecular formula is C24H32N4O4S. The Morgan fingerprint density at radius 1 is 0.909 bits per heavy atom. The Bertz CT molecular complexity index is 1080. The number of carbonyl (C=O) groups excluding carboxylic acids is 2. The number of carbonyl (C=O) groups is 2. The highest BCUT2D eigenvalue weighted by Crippen LogP contribution is 2.23. The molecule has 4 rings (SSSR count). The highest BCUT2D eigenvalue weighted by molar-refractivity contribution is 7.89. The van der Waals surface area contributed by atoms with Gasteiger partial charge in [0.1, 0.15) is 10.6 Å². The standard InChI is InChI=1S/C24H32N4O4S/c1-25-19-21(33(31,32)28-12-5-6-13-28)18-22(25)24(30)27-16-14-26(15-17-27)23(29)11-7-10-20-8-3-2-4-9-20/h2-4,8-9,18-19H,5-7,10-17H2,1H3. The maximum Gasteiger partial charge on any atom is 0.270 e. The number of amides is 2. The first-order valence-corrected chi connectivity index (χ1v) is 13.1. The summed E-state index contributed by atoms with van der Waals surface area (Å²) in [6.07, 6.45) is 5.44. The predicted molar refractivity (Wildman–Crippen MR) is 125 cm³/mol. The van der Waals surface area contributed by atoms with E-state index in [1.54, 1.807) is 16.5 Å². The van der Waals surface area contributed by atoms with Crippen molar-refractivity contribution in [2.24, 2.45) is 7.05 Å². The second-order valence-electron chi connectivity index (χ2n) is 8.80. The minimum Gasteiger partial charge on any atom is -0.345 e. The molecule has 0 atom stereocenters. The van der Waals surface area contributed by atoms with E-state index in [0.717, 1.165) is 25.7 Å². The Morgan fingerprint density at radius 3 is 2.21 bits per heavy atom. The number of aryl methyl sites for hydroxylation is 2. The largest absolute Gasteiger partial charge is 0.345 e. The van der Waals surface area contributed by atoms with Gasteiger partial charge in [0.25, 0.3) is 5.91 Å². The van der Waals surface area contributed by atoms with Crippen LogP contribution in [-0.4, -0.2) is 78.2 Å². The maximum absolute atomic E-state index is 13.1. The lowest BCUT2D eigenvalue weighted by atomic mass is 10.1. The molecule has 33 heavy (non-hydrogen) atoms. The molecule has 0 aliphatic carbocycles. The van der Waals surface area contributed by atoms with Gasteiger partial charge in [-0.1, -0.05) is 30.3 Å². The van der Waals surface area contributed by atoms with Crippen molar-refractivity contribution in [3.8, 4) is 0 Å². The molecule has 0 unspecified atom stereocenters. The average Bonchev–Trinajstić information content (AvgIpc) is 3.50. The van der Waals surface area contributed by atoms with Gasteiger partial charge < -0.3 is 14.4 Å². The van der Waals surface area contributed by atoms with Gasteiger partial charge in [-0.2, -0.15) is 4.31 Å². The summed E-state index contributed by atoms with van der Waals surface area (Å²) in [6.45, 7) is 2.95. The smallest absolute Gasteiger partial charge is 0.270 e. The maximum atomic E-state index is 13.1. The molecule has 0 bridgehead atoms. The van der Waals surface area contributed by atoms with E-state index in [2.05, 4.69) is 12.1 Å². The number of piperazine rings is 1. The normalized spacial score (nSPS) is 17.5. The molecular weight excluding hydrogens is 440 g/mol. The fourth-order valence-electron chi connectivity index (χ4n) is 4.53. The predicted octanol–water partition coefficient (Wildman–Crippen LogP) is 2.12. The number of rotatable bonds is 7. The molecule has 1 aromatic heterocycles. The Morgan fingerprint density at radius 2 is 1.55 bits per heavy atom. The number of hydrogen-bond donors (Lipinski definition) is 0. The lowest BCUT2D eigenvalue weighted by Crippen LogP contribution is -2.50. The molecule has 8 nitrogen and oxygen atoms in total. The van der Waals surface area contributed by atoms with Crippen molar-refractivity contribution in [1.82, 2.24) is 18.7 Å². The molecule has 0 spiro atoms. The van der Waals surface area contributed by atoms with Gasteiger partial charge in [-0.25, -0.2) is 8.42 Å². The molecule has 0 N–H and O–H groups in total. The third kappa shape index (κ3) is 5.30. The Balaban J connectivity index is 1.30. The van der Waals surface area contributed by atoms with Crippen LogP contribution in [0.2, 0.25) is 0 Å². The molecule has 178 valence electrons. The lowest BCUT2D eigenvalue weighted by molar-refractivity contribution is -0.132. The zero-order valence-corrected chi connectivity index (χ0v) is 20.0. The van der Waals surface area contributed by atoms with Crippen LogP contribution in [0, 0.1) is 0 Å². The van der Waals surface area contributed by atoms with E-state index in [-0.39, 0.29) is 16.7 Å². The summed E-state index contributed by atoms with van der Waals surface area (Å²) in [7, 11) is -1.87. The number of sulfonamides is 1. The first-order valence-electron chi connectivity index (χ1n) is 11.6. The van der Waals surface area contributed by atoms with Gasteiger partial charge in [-0.15, -0.1) is 0 Å². The quantitative estimate of drug-likeness (QED) is 0.618. The Hall–Kier alpha value is -2.65. The van der Waals surface area contributed by atoms with Gasteiger partial charge in [0.2, 0.25) is 15.9 Å². The third-order valence-electron chi connectivity index (χ3n) is 6.52. The van der Waals surface area contributed by atoms with Crippen LogP contribution < -0.4 is 0 Å². The summed E-state index contributed by atoms with van der Waals surface area (Å²) >= 11 is 0. The summed E-state index contributed by atoms with van der Waals surface area (Å²) in [5.41, 5.74) is 1.59. The van der Waals surface area contributed by atoms with Gasteiger partial charge in [0.15, 0.2) is 0 Å². The van der Waals surface area contributed by atoms with Crippen molar-refractivity contribution in [2.75, 3.05) is 39.3 Å². The summed E-state index contributed by atoms with van der Waals surface area (Å²) in [6, 6.07) is 11.6. The molecule has 2 saturated heterocycles. The highest BCUT2D eigenvalue weighted by Gasteiger charge is 2.31. The first-order chi connectivity index (χ1) is 15.9. The minimum absolute atomic E-state index is 0.121. The molecule has 2 amide bonds. The zero-order chi connectivity index (χ0) is 23.4. The minimum atomic E-state index is -3.56. The molecule has 1 aromatic carbocycles. The van der Waals surface area contributed by atoms with E-state index in [9.17, 15) is 18.0 Å². The van der Waals surface area contributed by atoms with Crippen molar-refractivity contribution in [3.05, 3.63) is 53.9 Å². The van der Waals surface area contributed by atoms with Crippen LogP contribution in [0.3, 0.4) is 0 Å². The molecule has 2 fully saturated rings. The summed E-state index contributed by atoms with van der Waals surface area (Å²) in [4.78, 5) is 29.4. The van der Waals surface area contributed by atoms with Crippen molar-refractivity contribution in [2.45, 2.75) is 37.0 Å². The summed E-state index contributed by atoms with van der Waals surface area (Å²) in [5, 5.41) is 0. The van der Waals surface area contributed by atoms with Crippen LogP contribution >= 0.6 is 0 Å². The van der Waals surface area contributed by atoms with Gasteiger partial charge in [-0.3, -0.25) is 9.59 Å². The SMILES string of the molecule is Cn1cc(S(=O)(=O)N2CCCC2)cc1C(=O)N1CCN(C(=O)CCCc2ccccc2)CC1. The van der Waals surface area contributed by atoms with Crippen LogP contribution in [0.5, 0.6) is 0 Å². The topological polar surface area (TPSA) is 82.9 Å². The fourth-order valence-corrected chi connectivity index (χ4v) is 6.12. The van der Waals surface area contributed by atoms with E-state index in [1.165, 1.54) is 22.1 Å². The van der Waals surface area contributed by atoms with E-state index >= 15 is 0 Å². The van der Waals surface area contributed by atoms with E-state index in [0.29, 0.717) is 51.4 Å². The molecule has 0 radical (unpaired) electrons. The monoisotopic (exact) mass is 472 g/mol. The van der Waals surface area contributed by atoms with Crippen LogP contribution in [0.4, 0.5) is 0 Å². The average molecular weight is 473 g/mol. The summed E-state index contributed by atoms with van der Waals surface area (Å²) < 4.78 is 28.7. The van der Waals surface area contributed by atoms with Gasteiger partial charge in [0, 0.05) is 58.9 Å². The first kappa shape index (κ1) is 23.5. The van der Waals surface area contributed by atoms with Crippen molar-refractivity contribution < 1.29 is 18.0 Å². The molecule has 2 aromatic rings. The van der Waals surface area contributed by atoms with Crippen LogP contribution in [0.1, 0.15) is 41.7 Å². The van der Waals surface area contributed by atoms with Crippen molar-refractivity contribution >= 4 is 21.8 Å². The van der Waals surface area contributed by atoms with Crippen molar-refractivity contribution in [3.63, 3.8) is 0 Å². The van der Waals surface area contributed by atoms with E-state index in [1.807, 2.05) is 23.1 Å². The summed E-state index contributed by atoms with van der Waals surface area (Å²) in [5.74, 6) is -0.0764. The van der Waals surface area contributed by atoms with Gasteiger partial charge in [-0.05, 0) is 37.3 Å². The molecule has 2 aliphatic rings. The molecule has 9 heteroatoms. The lowest BCUT2D eigenvalue weighted by Gasteiger charge is -2.35. The Labute approximate surface area is 195 Å². The van der Waals surface area contributed by atoms with Gasteiger partial charge >= 0.3 is 0 Å².